The standard InChI is InChI=1S/C15H15BrF2N2/c16-15-9-13(18)5-4-11(15)8-14(20-19)7-10-2-1-3-12(17)6-10/h1-6,9,14,20H,7-8,19H2. The van der Waals surface area contributed by atoms with Crippen LogP contribution in [0.25, 0.3) is 0 Å². The number of benzene rings is 2. The van der Waals surface area contributed by atoms with Crippen molar-refractivity contribution in [2.45, 2.75) is 18.9 Å². The summed E-state index contributed by atoms with van der Waals surface area (Å²) in [4.78, 5) is 0. The van der Waals surface area contributed by atoms with Crippen LogP contribution in [0.2, 0.25) is 0 Å². The second-order valence-corrected chi connectivity index (χ2v) is 5.49. The molecule has 1 unspecified atom stereocenters. The van der Waals surface area contributed by atoms with Gasteiger partial charge in [0.05, 0.1) is 0 Å². The fraction of sp³-hybridized carbons (Fsp3) is 0.200. The highest BCUT2D eigenvalue weighted by Crippen LogP contribution is 2.20. The molecule has 0 fully saturated rings. The summed E-state index contributed by atoms with van der Waals surface area (Å²) in [6, 6.07) is 10.9. The molecule has 2 aromatic rings. The van der Waals surface area contributed by atoms with Gasteiger partial charge in [-0.1, -0.05) is 34.1 Å². The van der Waals surface area contributed by atoms with Crippen molar-refractivity contribution in [1.82, 2.24) is 5.43 Å². The van der Waals surface area contributed by atoms with Crippen LogP contribution < -0.4 is 11.3 Å². The third kappa shape index (κ3) is 4.10. The Morgan fingerprint density at radius 1 is 1.05 bits per heavy atom. The van der Waals surface area contributed by atoms with E-state index in [0.717, 1.165) is 11.1 Å². The Bertz CT molecular complexity index is 590. The molecule has 0 spiro atoms. The number of nitrogens with two attached hydrogens (primary N) is 1. The zero-order valence-corrected chi connectivity index (χ0v) is 12.3. The maximum atomic E-state index is 13.2. The van der Waals surface area contributed by atoms with Crippen molar-refractivity contribution in [3.63, 3.8) is 0 Å². The van der Waals surface area contributed by atoms with E-state index in [-0.39, 0.29) is 17.7 Å². The predicted molar refractivity (Wildman–Crippen MR) is 79.0 cm³/mol. The first-order valence-corrected chi connectivity index (χ1v) is 7.02. The lowest BCUT2D eigenvalue weighted by Crippen LogP contribution is -2.38. The van der Waals surface area contributed by atoms with Crippen molar-refractivity contribution >= 4 is 15.9 Å². The summed E-state index contributed by atoms with van der Waals surface area (Å²) in [5.74, 6) is 5.00. The van der Waals surface area contributed by atoms with Gasteiger partial charge in [0.1, 0.15) is 11.6 Å². The van der Waals surface area contributed by atoms with Gasteiger partial charge in [-0.2, -0.15) is 0 Å². The minimum Gasteiger partial charge on any atom is -0.271 e. The number of halogens is 3. The highest BCUT2D eigenvalue weighted by Gasteiger charge is 2.12. The summed E-state index contributed by atoms with van der Waals surface area (Å²) in [5.41, 5.74) is 4.54. The van der Waals surface area contributed by atoms with Crippen molar-refractivity contribution in [1.29, 1.82) is 0 Å². The summed E-state index contributed by atoms with van der Waals surface area (Å²) >= 11 is 3.33. The van der Waals surface area contributed by atoms with Crippen LogP contribution in [0.4, 0.5) is 8.78 Å². The third-order valence-corrected chi connectivity index (χ3v) is 3.83. The van der Waals surface area contributed by atoms with Gasteiger partial charge in [0, 0.05) is 10.5 Å². The van der Waals surface area contributed by atoms with Gasteiger partial charge in [-0.15, -0.1) is 0 Å². The molecule has 0 saturated heterocycles. The molecule has 0 amide bonds. The van der Waals surface area contributed by atoms with Gasteiger partial charge in [-0.05, 0) is 48.2 Å². The van der Waals surface area contributed by atoms with E-state index in [1.165, 1.54) is 24.3 Å². The van der Waals surface area contributed by atoms with Gasteiger partial charge in [-0.3, -0.25) is 11.3 Å². The highest BCUT2D eigenvalue weighted by atomic mass is 79.9. The van der Waals surface area contributed by atoms with Gasteiger partial charge >= 0.3 is 0 Å². The lowest BCUT2D eigenvalue weighted by atomic mass is 9.99. The van der Waals surface area contributed by atoms with E-state index >= 15 is 0 Å². The maximum absolute atomic E-state index is 13.2. The quantitative estimate of drug-likeness (QED) is 0.647. The van der Waals surface area contributed by atoms with Crippen molar-refractivity contribution in [3.8, 4) is 0 Å². The summed E-state index contributed by atoms with van der Waals surface area (Å²) in [5, 5.41) is 0. The van der Waals surface area contributed by atoms with E-state index in [9.17, 15) is 8.78 Å². The minimum absolute atomic E-state index is 0.0569. The maximum Gasteiger partial charge on any atom is 0.124 e. The molecule has 0 saturated carbocycles. The van der Waals surface area contributed by atoms with Crippen LogP contribution in [0.5, 0.6) is 0 Å². The normalized spacial score (nSPS) is 12.4. The van der Waals surface area contributed by atoms with E-state index in [0.29, 0.717) is 17.3 Å². The first-order chi connectivity index (χ1) is 9.58. The topological polar surface area (TPSA) is 38.0 Å². The molecular formula is C15H15BrF2N2. The molecule has 2 rings (SSSR count). The first kappa shape index (κ1) is 15.1. The molecule has 0 radical (unpaired) electrons. The van der Waals surface area contributed by atoms with Gasteiger partial charge in [0.15, 0.2) is 0 Å². The second kappa shape index (κ2) is 6.92. The van der Waals surface area contributed by atoms with E-state index in [1.54, 1.807) is 12.1 Å². The van der Waals surface area contributed by atoms with Gasteiger partial charge < -0.3 is 0 Å². The summed E-state index contributed by atoms with van der Waals surface area (Å²) in [6.45, 7) is 0. The predicted octanol–water partition coefficient (Wildman–Crippen LogP) is 3.34. The Balaban J connectivity index is 2.09. The molecule has 5 heteroatoms. The third-order valence-electron chi connectivity index (χ3n) is 3.09. The van der Waals surface area contributed by atoms with E-state index in [4.69, 9.17) is 5.84 Å². The smallest absolute Gasteiger partial charge is 0.124 e. The van der Waals surface area contributed by atoms with Crippen LogP contribution in [0.3, 0.4) is 0 Å². The fourth-order valence-corrected chi connectivity index (χ4v) is 2.60. The van der Waals surface area contributed by atoms with Crippen molar-refractivity contribution in [2.24, 2.45) is 5.84 Å². The highest BCUT2D eigenvalue weighted by molar-refractivity contribution is 9.10. The molecular weight excluding hydrogens is 326 g/mol. The van der Waals surface area contributed by atoms with Gasteiger partial charge in [0.25, 0.3) is 0 Å². The molecule has 0 aliphatic rings. The Morgan fingerprint density at radius 2 is 1.80 bits per heavy atom. The molecule has 1 atom stereocenters. The molecule has 0 bridgehead atoms. The molecule has 20 heavy (non-hydrogen) atoms. The number of nitrogens with one attached hydrogen (secondary N) is 1. The molecule has 106 valence electrons. The average Bonchev–Trinajstić information content (AvgIpc) is 2.41. The van der Waals surface area contributed by atoms with Crippen LogP contribution >= 0.6 is 15.9 Å². The number of hydrogen-bond acceptors (Lipinski definition) is 2. The largest absolute Gasteiger partial charge is 0.271 e. The Morgan fingerprint density at radius 3 is 2.45 bits per heavy atom. The van der Waals surface area contributed by atoms with Crippen LogP contribution in [0.15, 0.2) is 46.9 Å². The van der Waals surface area contributed by atoms with Crippen molar-refractivity contribution in [3.05, 3.63) is 69.7 Å². The van der Waals surface area contributed by atoms with Gasteiger partial charge in [-0.25, -0.2) is 8.78 Å². The number of hydrazine groups is 1. The molecule has 0 aliphatic carbocycles. The zero-order chi connectivity index (χ0) is 14.5. The Kier molecular flexibility index (Phi) is 5.23. The molecule has 3 N–H and O–H groups in total. The number of hydrogen-bond donors (Lipinski definition) is 2. The average molecular weight is 341 g/mol. The van der Waals surface area contributed by atoms with Crippen LogP contribution in [0, 0.1) is 11.6 Å². The summed E-state index contributed by atoms with van der Waals surface area (Å²) < 4.78 is 26.9. The summed E-state index contributed by atoms with van der Waals surface area (Å²) in [6.07, 6.45) is 1.21. The number of rotatable bonds is 5. The molecule has 0 aromatic heterocycles. The van der Waals surface area contributed by atoms with E-state index in [1.807, 2.05) is 6.07 Å². The van der Waals surface area contributed by atoms with Gasteiger partial charge in [0.2, 0.25) is 0 Å². The Labute approximate surface area is 125 Å². The second-order valence-electron chi connectivity index (χ2n) is 4.64. The summed E-state index contributed by atoms with van der Waals surface area (Å²) in [7, 11) is 0. The van der Waals surface area contributed by atoms with E-state index in [2.05, 4.69) is 21.4 Å². The monoisotopic (exact) mass is 340 g/mol. The minimum atomic E-state index is -0.289. The van der Waals surface area contributed by atoms with Crippen molar-refractivity contribution in [2.75, 3.05) is 0 Å². The molecule has 2 nitrogen and oxygen atoms in total. The fourth-order valence-electron chi connectivity index (χ4n) is 2.09. The van der Waals surface area contributed by atoms with Crippen LogP contribution in [0.1, 0.15) is 11.1 Å². The van der Waals surface area contributed by atoms with Crippen LogP contribution in [-0.4, -0.2) is 6.04 Å². The zero-order valence-electron chi connectivity index (χ0n) is 10.7. The molecule has 0 heterocycles. The lowest BCUT2D eigenvalue weighted by Gasteiger charge is -2.17. The SMILES string of the molecule is NNC(Cc1cccc(F)c1)Cc1ccc(F)cc1Br. The van der Waals surface area contributed by atoms with Crippen molar-refractivity contribution < 1.29 is 8.78 Å². The van der Waals surface area contributed by atoms with E-state index < -0.39 is 0 Å². The van der Waals surface area contributed by atoms with Crippen LogP contribution in [-0.2, 0) is 12.8 Å². The molecule has 2 aromatic carbocycles. The Hall–Kier alpha value is -1.30. The first-order valence-electron chi connectivity index (χ1n) is 6.23. The molecule has 0 aliphatic heterocycles. The lowest BCUT2D eigenvalue weighted by molar-refractivity contribution is 0.519.